The number of benzene rings is 3. The van der Waals surface area contributed by atoms with Gasteiger partial charge in [-0.25, -0.2) is 4.79 Å². The van der Waals surface area contributed by atoms with E-state index >= 15 is 0 Å². The van der Waals surface area contributed by atoms with Crippen molar-refractivity contribution in [3.63, 3.8) is 0 Å². The van der Waals surface area contributed by atoms with E-state index in [9.17, 15) is 14.7 Å². The average Bonchev–Trinajstić information content (AvgIpc) is 2.65. The van der Waals surface area contributed by atoms with Gasteiger partial charge in [0.15, 0.2) is 12.4 Å². The zero-order valence-corrected chi connectivity index (χ0v) is 13.6. The number of carbonyl (C=O) groups is 2. The van der Waals surface area contributed by atoms with E-state index in [4.69, 9.17) is 9.47 Å². The average molecular weight is 336 g/mol. The van der Waals surface area contributed by atoms with Crippen LogP contribution in [0.4, 0.5) is 0 Å². The number of phenols is 1. The Bertz CT molecular complexity index is 946. The lowest BCUT2D eigenvalue weighted by Crippen LogP contribution is -2.14. The van der Waals surface area contributed by atoms with Gasteiger partial charge in [-0.1, -0.05) is 36.4 Å². The van der Waals surface area contributed by atoms with Crippen molar-refractivity contribution >= 4 is 22.5 Å². The minimum atomic E-state index is -0.787. The number of esters is 1. The largest absolute Gasteiger partial charge is 0.507 e. The number of fused-ring (bicyclic) bond motifs is 1. The molecule has 126 valence electrons. The molecule has 0 heterocycles. The number of rotatable bonds is 5. The smallest absolute Gasteiger partial charge is 0.342 e. The molecule has 3 rings (SSSR count). The fraction of sp³-hybridized carbons (Fsp3) is 0.100. The maximum atomic E-state index is 12.3. The first-order valence-electron chi connectivity index (χ1n) is 7.64. The third-order valence-electron chi connectivity index (χ3n) is 3.83. The van der Waals surface area contributed by atoms with Crippen molar-refractivity contribution in [1.82, 2.24) is 0 Å². The second kappa shape index (κ2) is 7.05. The van der Waals surface area contributed by atoms with Crippen molar-refractivity contribution in [1.29, 1.82) is 0 Å². The third-order valence-corrected chi connectivity index (χ3v) is 3.83. The minimum Gasteiger partial charge on any atom is -0.507 e. The molecule has 0 aliphatic heterocycles. The molecule has 3 aromatic rings. The highest BCUT2D eigenvalue weighted by Gasteiger charge is 2.16. The number of aromatic hydroxyl groups is 1. The van der Waals surface area contributed by atoms with E-state index in [1.807, 2.05) is 30.3 Å². The van der Waals surface area contributed by atoms with Gasteiger partial charge in [0, 0.05) is 5.56 Å². The number of ketones is 1. The lowest BCUT2D eigenvalue weighted by atomic mass is 10.0. The second-order valence-electron chi connectivity index (χ2n) is 5.44. The molecule has 0 unspecified atom stereocenters. The first kappa shape index (κ1) is 16.5. The summed E-state index contributed by atoms with van der Waals surface area (Å²) in [7, 11) is 1.45. The molecule has 5 heteroatoms. The molecule has 0 aliphatic rings. The molecular formula is C20H16O5. The van der Waals surface area contributed by atoms with Crippen LogP contribution in [0.25, 0.3) is 10.8 Å². The Kier molecular flexibility index (Phi) is 4.66. The summed E-state index contributed by atoms with van der Waals surface area (Å²) in [5.41, 5.74) is 0.409. The summed E-state index contributed by atoms with van der Waals surface area (Å²) in [6.07, 6.45) is 0. The van der Waals surface area contributed by atoms with Crippen molar-refractivity contribution < 1.29 is 24.2 Å². The highest BCUT2D eigenvalue weighted by atomic mass is 16.5. The Morgan fingerprint density at radius 2 is 1.72 bits per heavy atom. The van der Waals surface area contributed by atoms with E-state index in [0.29, 0.717) is 11.3 Å². The normalized spacial score (nSPS) is 10.4. The Labute approximate surface area is 144 Å². The number of ether oxygens (including phenoxy) is 2. The van der Waals surface area contributed by atoms with Gasteiger partial charge >= 0.3 is 5.97 Å². The molecular weight excluding hydrogens is 320 g/mol. The second-order valence-corrected chi connectivity index (χ2v) is 5.44. The molecule has 0 amide bonds. The molecule has 0 spiro atoms. The zero-order valence-electron chi connectivity index (χ0n) is 13.6. The Balaban J connectivity index is 1.71. The topological polar surface area (TPSA) is 72.8 Å². The van der Waals surface area contributed by atoms with Crippen LogP contribution in [0, 0.1) is 0 Å². The van der Waals surface area contributed by atoms with Crippen LogP contribution in [0.3, 0.4) is 0 Å². The summed E-state index contributed by atoms with van der Waals surface area (Å²) >= 11 is 0. The van der Waals surface area contributed by atoms with E-state index < -0.39 is 12.6 Å². The first-order valence-corrected chi connectivity index (χ1v) is 7.64. The molecule has 0 saturated heterocycles. The van der Waals surface area contributed by atoms with Gasteiger partial charge in [-0.2, -0.15) is 0 Å². The number of hydrogen-bond acceptors (Lipinski definition) is 5. The summed E-state index contributed by atoms with van der Waals surface area (Å²) < 4.78 is 10.0. The number of Topliss-reactive ketones (excluding diaryl/α,β-unsaturated/α-hetero) is 1. The maximum absolute atomic E-state index is 12.3. The van der Waals surface area contributed by atoms with Crippen molar-refractivity contribution in [2.75, 3.05) is 13.7 Å². The SMILES string of the molecule is COc1ccc(O)c(C(=O)OCC(=O)c2ccc3ccccc3c2)c1. The van der Waals surface area contributed by atoms with Crippen LogP contribution in [0.2, 0.25) is 0 Å². The van der Waals surface area contributed by atoms with Crippen molar-refractivity contribution in [2.45, 2.75) is 0 Å². The molecule has 0 saturated carbocycles. The van der Waals surface area contributed by atoms with Gasteiger partial charge in [0.05, 0.1) is 7.11 Å². The van der Waals surface area contributed by atoms with Crippen LogP contribution in [0.15, 0.2) is 60.7 Å². The van der Waals surface area contributed by atoms with Crippen molar-refractivity contribution in [2.24, 2.45) is 0 Å². The van der Waals surface area contributed by atoms with Crippen LogP contribution in [-0.4, -0.2) is 30.6 Å². The van der Waals surface area contributed by atoms with E-state index in [2.05, 4.69) is 0 Å². The predicted molar refractivity (Wildman–Crippen MR) is 93.2 cm³/mol. The van der Waals surface area contributed by atoms with Crippen LogP contribution in [-0.2, 0) is 4.74 Å². The van der Waals surface area contributed by atoms with Crippen molar-refractivity contribution in [3.8, 4) is 11.5 Å². The molecule has 0 atom stereocenters. The van der Waals surface area contributed by atoms with E-state index in [1.54, 1.807) is 12.1 Å². The van der Waals surface area contributed by atoms with Gasteiger partial charge in [-0.3, -0.25) is 4.79 Å². The molecule has 0 radical (unpaired) electrons. The molecule has 0 fully saturated rings. The summed E-state index contributed by atoms with van der Waals surface area (Å²) in [4.78, 5) is 24.4. The quantitative estimate of drug-likeness (QED) is 0.569. The molecule has 25 heavy (non-hydrogen) atoms. The summed E-state index contributed by atoms with van der Waals surface area (Å²) in [5, 5.41) is 11.7. The van der Waals surface area contributed by atoms with Crippen LogP contribution < -0.4 is 4.74 Å². The number of methoxy groups -OCH3 is 1. The molecule has 3 aromatic carbocycles. The number of phenolic OH excluding ortho intramolecular Hbond substituents is 1. The fourth-order valence-electron chi connectivity index (χ4n) is 2.46. The van der Waals surface area contributed by atoms with Gasteiger partial charge in [0.1, 0.15) is 17.1 Å². The fourth-order valence-corrected chi connectivity index (χ4v) is 2.46. The van der Waals surface area contributed by atoms with Crippen molar-refractivity contribution in [3.05, 3.63) is 71.8 Å². The highest BCUT2D eigenvalue weighted by Crippen LogP contribution is 2.23. The first-order chi connectivity index (χ1) is 12.1. The van der Waals surface area contributed by atoms with Gasteiger partial charge < -0.3 is 14.6 Å². The molecule has 1 N–H and O–H groups in total. The molecule has 0 bridgehead atoms. The Morgan fingerprint density at radius 1 is 0.960 bits per heavy atom. The van der Waals surface area contributed by atoms with E-state index in [0.717, 1.165) is 10.8 Å². The Morgan fingerprint density at radius 3 is 2.48 bits per heavy atom. The summed E-state index contributed by atoms with van der Waals surface area (Å²) in [5.74, 6) is -0.929. The Hall–Kier alpha value is -3.34. The summed E-state index contributed by atoms with van der Waals surface area (Å²) in [6, 6.07) is 17.2. The van der Waals surface area contributed by atoms with E-state index in [1.165, 1.54) is 25.3 Å². The lowest BCUT2D eigenvalue weighted by Gasteiger charge is -2.08. The minimum absolute atomic E-state index is 0.0503. The van der Waals surface area contributed by atoms with Crippen LogP contribution >= 0.6 is 0 Å². The number of hydrogen-bond donors (Lipinski definition) is 1. The lowest BCUT2D eigenvalue weighted by molar-refractivity contribution is 0.0471. The van der Waals surface area contributed by atoms with Gasteiger partial charge in [-0.15, -0.1) is 0 Å². The predicted octanol–water partition coefficient (Wildman–Crippen LogP) is 3.59. The van der Waals surface area contributed by atoms with Gasteiger partial charge in [0.25, 0.3) is 0 Å². The maximum Gasteiger partial charge on any atom is 0.342 e. The summed E-state index contributed by atoms with van der Waals surface area (Å²) in [6.45, 7) is -0.409. The molecule has 0 aromatic heterocycles. The van der Waals surface area contributed by atoms with Crippen LogP contribution in [0.1, 0.15) is 20.7 Å². The monoisotopic (exact) mass is 336 g/mol. The molecule has 0 aliphatic carbocycles. The molecule has 5 nitrogen and oxygen atoms in total. The standard InChI is InChI=1S/C20H16O5/c1-24-16-8-9-18(21)17(11-16)20(23)25-12-19(22)15-7-6-13-4-2-3-5-14(13)10-15/h2-11,21H,12H2,1H3. The van der Waals surface area contributed by atoms with Crippen LogP contribution in [0.5, 0.6) is 11.5 Å². The van der Waals surface area contributed by atoms with Gasteiger partial charge in [-0.05, 0) is 35.0 Å². The third kappa shape index (κ3) is 3.61. The van der Waals surface area contributed by atoms with E-state index in [-0.39, 0.29) is 17.1 Å². The number of carbonyl (C=O) groups excluding carboxylic acids is 2. The zero-order chi connectivity index (χ0) is 17.8. The highest BCUT2D eigenvalue weighted by molar-refractivity contribution is 6.02. The van der Waals surface area contributed by atoms with Gasteiger partial charge in [0.2, 0.25) is 0 Å².